The van der Waals surface area contributed by atoms with Gasteiger partial charge in [-0.3, -0.25) is 4.40 Å². The van der Waals surface area contributed by atoms with E-state index in [2.05, 4.69) is 25.0 Å². The summed E-state index contributed by atoms with van der Waals surface area (Å²) in [5, 5.41) is 3.42. The Bertz CT molecular complexity index is 1310. The summed E-state index contributed by atoms with van der Waals surface area (Å²) < 4.78 is 32.1. The maximum Gasteiger partial charge on any atom is 0.244 e. The normalized spacial score (nSPS) is 11.8. The van der Waals surface area contributed by atoms with Gasteiger partial charge in [0.15, 0.2) is 0 Å². The maximum absolute atomic E-state index is 13.0. The molecule has 0 aliphatic rings. The molecule has 0 saturated heterocycles. The Morgan fingerprint density at radius 1 is 1.20 bits per heavy atom. The smallest absolute Gasteiger partial charge is 0.244 e. The number of nitrogens with one attached hydrogen (secondary N) is 2. The summed E-state index contributed by atoms with van der Waals surface area (Å²) in [5.74, 6) is 0.250. The van der Waals surface area contributed by atoms with Gasteiger partial charge in [0.05, 0.1) is 30.8 Å². The Morgan fingerprint density at radius 2 is 2.03 bits per heavy atom. The van der Waals surface area contributed by atoms with Gasteiger partial charge in [0.2, 0.25) is 10.0 Å². The molecule has 0 fully saturated rings. The molecule has 0 saturated carbocycles. The van der Waals surface area contributed by atoms with Crippen molar-refractivity contribution in [3.05, 3.63) is 71.3 Å². The van der Waals surface area contributed by atoms with Gasteiger partial charge in [-0.15, -0.1) is 0 Å². The first kappa shape index (κ1) is 20.3. The molecule has 0 unspecified atom stereocenters. The zero-order valence-corrected chi connectivity index (χ0v) is 17.9. The lowest BCUT2D eigenvalue weighted by Crippen LogP contribution is -2.25. The minimum Gasteiger partial charge on any atom is -0.363 e. The number of sulfonamides is 1. The van der Waals surface area contributed by atoms with E-state index in [0.29, 0.717) is 23.0 Å². The van der Waals surface area contributed by atoms with Gasteiger partial charge in [-0.25, -0.2) is 28.1 Å². The molecular weight excluding hydrogens is 426 g/mol. The molecule has 0 atom stereocenters. The van der Waals surface area contributed by atoms with Crippen molar-refractivity contribution in [2.75, 3.05) is 5.32 Å². The monoisotopic (exact) mass is 445 g/mol. The van der Waals surface area contributed by atoms with Crippen molar-refractivity contribution in [1.29, 1.82) is 0 Å². The molecule has 156 valence electrons. The van der Waals surface area contributed by atoms with E-state index >= 15 is 0 Å². The summed E-state index contributed by atoms with van der Waals surface area (Å²) in [6.07, 6.45) is 6.90. The van der Waals surface area contributed by atoms with Gasteiger partial charge in [0.1, 0.15) is 21.5 Å². The Kier molecular flexibility index (Phi) is 5.46. The molecule has 0 amide bonds. The average molecular weight is 446 g/mol. The van der Waals surface area contributed by atoms with Crippen LogP contribution < -0.4 is 10.0 Å². The summed E-state index contributed by atoms with van der Waals surface area (Å²) in [6, 6.07) is 7.03. The molecule has 9 nitrogen and oxygen atoms in total. The van der Waals surface area contributed by atoms with Crippen LogP contribution in [0.25, 0.3) is 5.65 Å². The number of pyridine rings is 2. The van der Waals surface area contributed by atoms with Gasteiger partial charge in [0, 0.05) is 25.6 Å². The average Bonchev–Trinajstić information content (AvgIpc) is 3.28. The minimum absolute atomic E-state index is 0.0452. The number of fused-ring (bicyclic) bond motifs is 1. The number of imidazole rings is 2. The van der Waals surface area contributed by atoms with Gasteiger partial charge in [-0.05, 0) is 30.7 Å². The second-order valence-corrected chi connectivity index (χ2v) is 8.94. The molecule has 30 heavy (non-hydrogen) atoms. The molecule has 4 heterocycles. The zero-order valence-electron chi connectivity index (χ0n) is 16.4. The largest absolute Gasteiger partial charge is 0.363 e. The van der Waals surface area contributed by atoms with E-state index in [-0.39, 0.29) is 17.3 Å². The lowest BCUT2D eigenvalue weighted by atomic mass is 10.3. The molecule has 0 radical (unpaired) electrons. The molecular formula is C19H20ClN7O2S. The second kappa shape index (κ2) is 8.05. The third kappa shape index (κ3) is 4.16. The predicted octanol–water partition coefficient (Wildman–Crippen LogP) is 2.52. The summed E-state index contributed by atoms with van der Waals surface area (Å²) in [4.78, 5) is 12.9. The number of hydrogen-bond acceptors (Lipinski definition) is 6. The second-order valence-electron chi connectivity index (χ2n) is 6.85. The SMILES string of the molecule is Cc1cnc(NCc2cn(C)cn2)c(S(=O)(=O)NCc2nc3ccccn3c2Cl)c1. The highest BCUT2D eigenvalue weighted by molar-refractivity contribution is 7.89. The lowest BCUT2D eigenvalue weighted by Gasteiger charge is -2.12. The van der Waals surface area contributed by atoms with E-state index in [0.717, 1.165) is 11.3 Å². The van der Waals surface area contributed by atoms with Crippen molar-refractivity contribution >= 4 is 33.1 Å². The molecule has 4 aromatic rings. The fourth-order valence-electron chi connectivity index (χ4n) is 2.98. The maximum atomic E-state index is 13.0. The third-order valence-corrected chi connectivity index (χ3v) is 6.26. The summed E-state index contributed by atoms with van der Waals surface area (Å²) >= 11 is 6.34. The van der Waals surface area contributed by atoms with Crippen molar-refractivity contribution in [1.82, 2.24) is 28.6 Å². The van der Waals surface area contributed by atoms with E-state index in [1.54, 1.807) is 42.2 Å². The first-order valence-electron chi connectivity index (χ1n) is 9.12. The number of aromatic nitrogens is 5. The Labute approximate surface area is 178 Å². The predicted molar refractivity (Wildman–Crippen MR) is 114 cm³/mol. The van der Waals surface area contributed by atoms with Crippen molar-refractivity contribution in [2.45, 2.75) is 24.9 Å². The third-order valence-electron chi connectivity index (χ3n) is 4.44. The highest BCUT2D eigenvalue weighted by Crippen LogP contribution is 2.22. The zero-order chi connectivity index (χ0) is 21.3. The van der Waals surface area contributed by atoms with E-state index < -0.39 is 10.0 Å². The van der Waals surface area contributed by atoms with E-state index in [1.165, 1.54) is 0 Å². The molecule has 4 rings (SSSR count). The fourth-order valence-corrected chi connectivity index (χ4v) is 4.44. The van der Waals surface area contributed by atoms with Crippen LogP contribution in [0.2, 0.25) is 5.15 Å². The van der Waals surface area contributed by atoms with Crippen molar-refractivity contribution < 1.29 is 8.42 Å². The van der Waals surface area contributed by atoms with Crippen molar-refractivity contribution in [2.24, 2.45) is 7.05 Å². The van der Waals surface area contributed by atoms with Gasteiger partial charge in [-0.2, -0.15) is 0 Å². The summed E-state index contributed by atoms with van der Waals surface area (Å²) in [7, 11) is -2.01. The molecule has 11 heteroatoms. The van der Waals surface area contributed by atoms with Crippen LogP contribution in [-0.2, 0) is 30.2 Å². The molecule has 2 N–H and O–H groups in total. The lowest BCUT2D eigenvalue weighted by molar-refractivity contribution is 0.580. The fraction of sp³-hybridized carbons (Fsp3) is 0.211. The van der Waals surface area contributed by atoms with Crippen LogP contribution in [0.5, 0.6) is 0 Å². The number of aryl methyl sites for hydroxylation is 2. The van der Waals surface area contributed by atoms with E-state index in [9.17, 15) is 8.42 Å². The molecule has 0 aliphatic carbocycles. The van der Waals surface area contributed by atoms with Gasteiger partial charge in [0.25, 0.3) is 0 Å². The molecule has 0 spiro atoms. The first-order valence-corrected chi connectivity index (χ1v) is 11.0. The van der Waals surface area contributed by atoms with Crippen LogP contribution in [0.1, 0.15) is 17.0 Å². The highest BCUT2D eigenvalue weighted by atomic mass is 35.5. The number of rotatable bonds is 7. The summed E-state index contributed by atoms with van der Waals surface area (Å²) in [6.45, 7) is 2.09. The Morgan fingerprint density at radius 3 is 2.77 bits per heavy atom. The molecule has 0 aliphatic heterocycles. The van der Waals surface area contributed by atoms with E-state index in [4.69, 9.17) is 11.6 Å². The molecule has 0 bridgehead atoms. The topological polar surface area (TPSA) is 106 Å². The van der Waals surface area contributed by atoms with Crippen LogP contribution in [-0.4, -0.2) is 32.3 Å². The standard InChI is InChI=1S/C19H20ClN7O2S/c1-13-7-16(19(21-8-13)22-9-14-11-26(2)12-23-14)30(28,29)24-10-15-18(20)27-6-4-3-5-17(27)25-15/h3-8,11-12,24H,9-10H2,1-2H3,(H,21,22). The Balaban J connectivity index is 1.56. The quantitative estimate of drug-likeness (QED) is 0.452. The van der Waals surface area contributed by atoms with Gasteiger partial charge < -0.3 is 9.88 Å². The van der Waals surface area contributed by atoms with Crippen LogP contribution >= 0.6 is 11.6 Å². The number of halogens is 1. The summed E-state index contributed by atoms with van der Waals surface area (Å²) in [5.41, 5.74) is 2.58. The molecule has 0 aromatic carbocycles. The van der Waals surface area contributed by atoms with Crippen LogP contribution in [0, 0.1) is 6.92 Å². The van der Waals surface area contributed by atoms with Crippen molar-refractivity contribution in [3.63, 3.8) is 0 Å². The Hall–Kier alpha value is -2.95. The number of nitrogens with zero attached hydrogens (tertiary/aromatic N) is 5. The number of hydrogen-bond donors (Lipinski definition) is 2. The number of anilines is 1. The van der Waals surface area contributed by atoms with Gasteiger partial charge in [-0.1, -0.05) is 17.7 Å². The highest BCUT2D eigenvalue weighted by Gasteiger charge is 2.21. The first-order chi connectivity index (χ1) is 14.3. The van der Waals surface area contributed by atoms with Crippen LogP contribution in [0.4, 0.5) is 5.82 Å². The minimum atomic E-state index is -3.87. The van der Waals surface area contributed by atoms with Crippen LogP contribution in [0.3, 0.4) is 0 Å². The van der Waals surface area contributed by atoms with Crippen molar-refractivity contribution in [3.8, 4) is 0 Å². The molecule has 4 aromatic heterocycles. The van der Waals surface area contributed by atoms with E-state index in [1.807, 2.05) is 29.9 Å². The van der Waals surface area contributed by atoms with Gasteiger partial charge >= 0.3 is 0 Å². The van der Waals surface area contributed by atoms with Crippen LogP contribution in [0.15, 0.2) is 54.1 Å².